The SMILES string of the molecule is CC1(C)SCc2cnc(C(N)=O)nc21.CN1C(=O)CCOc2ccccc21. The molecule has 2 amide bonds. The van der Waals surface area contributed by atoms with Crippen LogP contribution in [0, 0.1) is 0 Å². The average molecular weight is 386 g/mol. The van der Waals surface area contributed by atoms with Crippen molar-refractivity contribution in [3.8, 4) is 5.75 Å². The molecule has 4 rings (SSSR count). The minimum absolute atomic E-state index is 0.0392. The second-order valence-electron chi connectivity index (χ2n) is 6.75. The summed E-state index contributed by atoms with van der Waals surface area (Å²) in [6.07, 6.45) is 2.15. The molecular weight excluding hydrogens is 364 g/mol. The van der Waals surface area contributed by atoms with Crippen molar-refractivity contribution in [3.63, 3.8) is 0 Å². The predicted molar refractivity (Wildman–Crippen MR) is 105 cm³/mol. The number of nitrogens with zero attached hydrogens (tertiary/aromatic N) is 3. The van der Waals surface area contributed by atoms with Gasteiger partial charge in [0.25, 0.3) is 5.91 Å². The third-order valence-corrected chi connectivity index (χ3v) is 5.79. The van der Waals surface area contributed by atoms with Gasteiger partial charge in [-0.25, -0.2) is 9.97 Å². The van der Waals surface area contributed by atoms with Crippen LogP contribution in [0.2, 0.25) is 0 Å². The van der Waals surface area contributed by atoms with Crippen LogP contribution in [0.1, 0.15) is 42.1 Å². The monoisotopic (exact) mass is 386 g/mol. The average Bonchev–Trinajstić information content (AvgIpc) is 2.88. The van der Waals surface area contributed by atoms with Crippen LogP contribution in [0.3, 0.4) is 0 Å². The molecule has 2 N–H and O–H groups in total. The fourth-order valence-corrected chi connectivity index (χ4v) is 3.93. The van der Waals surface area contributed by atoms with Crippen LogP contribution >= 0.6 is 11.8 Å². The first kappa shape index (κ1) is 19.2. The van der Waals surface area contributed by atoms with Crippen LogP contribution in [-0.4, -0.2) is 35.4 Å². The van der Waals surface area contributed by atoms with Gasteiger partial charge in [0.15, 0.2) is 0 Å². The number of aromatic nitrogens is 2. The van der Waals surface area contributed by atoms with Gasteiger partial charge in [-0.1, -0.05) is 12.1 Å². The molecule has 0 spiro atoms. The molecule has 2 aliphatic rings. The van der Waals surface area contributed by atoms with Gasteiger partial charge in [0.1, 0.15) is 5.75 Å². The van der Waals surface area contributed by atoms with E-state index in [9.17, 15) is 9.59 Å². The molecule has 0 aliphatic carbocycles. The van der Waals surface area contributed by atoms with Crippen molar-refractivity contribution >= 4 is 29.3 Å². The maximum absolute atomic E-state index is 11.4. The van der Waals surface area contributed by atoms with Crippen molar-refractivity contribution in [1.29, 1.82) is 0 Å². The minimum atomic E-state index is -0.569. The largest absolute Gasteiger partial charge is 0.491 e. The molecule has 0 bridgehead atoms. The smallest absolute Gasteiger partial charge is 0.286 e. The van der Waals surface area contributed by atoms with Crippen LogP contribution in [-0.2, 0) is 15.3 Å². The van der Waals surface area contributed by atoms with Crippen molar-refractivity contribution in [2.75, 3.05) is 18.6 Å². The first-order valence-corrected chi connectivity index (χ1v) is 9.56. The number of primary amides is 1. The lowest BCUT2D eigenvalue weighted by Gasteiger charge is -2.16. The van der Waals surface area contributed by atoms with E-state index in [4.69, 9.17) is 10.5 Å². The topological polar surface area (TPSA) is 98.4 Å². The number of carbonyl (C=O) groups excluding carboxylic acids is 2. The second-order valence-corrected chi connectivity index (χ2v) is 8.35. The number of benzene rings is 1. The standard InChI is InChI=1S/C10H11NO2.C9H11N3OS/c1-11-8-4-2-3-5-9(8)13-7-6-10(11)12;1-9(2)6-5(4-14-9)3-11-8(12-6)7(10)13/h2-5H,6-7H2,1H3;3H,4H2,1-2H3,(H2,10,13). The zero-order chi connectivity index (χ0) is 19.6. The van der Waals surface area contributed by atoms with Crippen molar-refractivity contribution in [1.82, 2.24) is 9.97 Å². The van der Waals surface area contributed by atoms with E-state index in [2.05, 4.69) is 23.8 Å². The third-order valence-electron chi connectivity index (χ3n) is 4.42. The van der Waals surface area contributed by atoms with Crippen molar-refractivity contribution < 1.29 is 14.3 Å². The normalized spacial score (nSPS) is 17.0. The molecule has 8 heteroatoms. The van der Waals surface area contributed by atoms with Crippen LogP contribution in [0.25, 0.3) is 0 Å². The van der Waals surface area contributed by atoms with E-state index >= 15 is 0 Å². The first-order valence-electron chi connectivity index (χ1n) is 8.58. The lowest BCUT2D eigenvalue weighted by molar-refractivity contribution is -0.118. The van der Waals surface area contributed by atoms with Gasteiger partial charge in [-0.2, -0.15) is 0 Å². The van der Waals surface area contributed by atoms with Gasteiger partial charge in [-0.3, -0.25) is 9.59 Å². The molecule has 0 saturated carbocycles. The molecule has 142 valence electrons. The van der Waals surface area contributed by atoms with Gasteiger partial charge < -0.3 is 15.4 Å². The maximum atomic E-state index is 11.4. The Morgan fingerprint density at radius 3 is 2.81 bits per heavy atom. The molecule has 0 atom stereocenters. The van der Waals surface area contributed by atoms with Gasteiger partial charge in [0, 0.05) is 24.6 Å². The van der Waals surface area contributed by atoms with Gasteiger partial charge in [0.05, 0.1) is 29.2 Å². The number of anilines is 1. The molecule has 0 radical (unpaired) electrons. The van der Waals surface area contributed by atoms with Crippen LogP contribution in [0.4, 0.5) is 5.69 Å². The molecular formula is C19H22N4O3S. The quantitative estimate of drug-likeness (QED) is 0.808. The summed E-state index contributed by atoms with van der Waals surface area (Å²) >= 11 is 1.79. The molecule has 7 nitrogen and oxygen atoms in total. The van der Waals surface area contributed by atoms with E-state index in [0.29, 0.717) is 13.0 Å². The predicted octanol–water partition coefficient (Wildman–Crippen LogP) is 2.49. The Kier molecular flexibility index (Phi) is 5.36. The summed E-state index contributed by atoms with van der Waals surface area (Å²) in [6, 6.07) is 7.57. The van der Waals surface area contributed by atoms with E-state index in [-0.39, 0.29) is 16.5 Å². The number of para-hydroxylation sites is 2. The summed E-state index contributed by atoms with van der Waals surface area (Å²) in [5, 5.41) is 0. The Morgan fingerprint density at radius 1 is 1.33 bits per heavy atom. The van der Waals surface area contributed by atoms with E-state index in [1.54, 1.807) is 29.9 Å². The van der Waals surface area contributed by atoms with E-state index < -0.39 is 5.91 Å². The molecule has 3 heterocycles. The molecule has 0 saturated heterocycles. The highest BCUT2D eigenvalue weighted by Gasteiger charge is 2.33. The van der Waals surface area contributed by atoms with E-state index in [0.717, 1.165) is 28.4 Å². The van der Waals surface area contributed by atoms with E-state index in [1.807, 2.05) is 24.3 Å². The fraction of sp³-hybridized carbons (Fsp3) is 0.368. The van der Waals surface area contributed by atoms with Crippen LogP contribution < -0.4 is 15.4 Å². The number of amides is 2. The number of ether oxygens (including phenoxy) is 1. The summed E-state index contributed by atoms with van der Waals surface area (Å²) in [6.45, 7) is 4.64. The number of nitrogens with two attached hydrogens (primary N) is 1. The van der Waals surface area contributed by atoms with Crippen molar-refractivity contribution in [3.05, 3.63) is 47.5 Å². The van der Waals surface area contributed by atoms with Gasteiger partial charge in [0.2, 0.25) is 11.7 Å². The van der Waals surface area contributed by atoms with Crippen LogP contribution in [0.5, 0.6) is 5.75 Å². The molecule has 2 aliphatic heterocycles. The van der Waals surface area contributed by atoms with Crippen molar-refractivity contribution in [2.24, 2.45) is 5.73 Å². The molecule has 0 unspecified atom stereocenters. The maximum Gasteiger partial charge on any atom is 0.286 e. The van der Waals surface area contributed by atoms with Crippen molar-refractivity contribution in [2.45, 2.75) is 30.8 Å². The minimum Gasteiger partial charge on any atom is -0.491 e. The number of hydrogen-bond acceptors (Lipinski definition) is 6. The lowest BCUT2D eigenvalue weighted by atomic mass is 10.1. The summed E-state index contributed by atoms with van der Waals surface area (Å²) in [7, 11) is 1.77. The highest BCUT2D eigenvalue weighted by atomic mass is 32.2. The number of carbonyl (C=O) groups is 2. The second kappa shape index (κ2) is 7.56. The highest BCUT2D eigenvalue weighted by Crippen LogP contribution is 2.44. The van der Waals surface area contributed by atoms with E-state index in [1.165, 1.54) is 0 Å². The Hall–Kier alpha value is -2.61. The zero-order valence-corrected chi connectivity index (χ0v) is 16.4. The lowest BCUT2D eigenvalue weighted by Crippen LogP contribution is -2.24. The van der Waals surface area contributed by atoms with Gasteiger partial charge in [-0.05, 0) is 26.0 Å². The number of fused-ring (bicyclic) bond motifs is 2. The first-order chi connectivity index (χ1) is 12.8. The molecule has 2 aromatic rings. The number of hydrogen-bond donors (Lipinski definition) is 1. The Balaban J connectivity index is 0.000000156. The highest BCUT2D eigenvalue weighted by molar-refractivity contribution is 7.99. The Labute approximate surface area is 162 Å². The van der Waals surface area contributed by atoms with Gasteiger partial charge in [-0.15, -0.1) is 11.8 Å². The molecule has 27 heavy (non-hydrogen) atoms. The Bertz CT molecular complexity index is 885. The molecule has 1 aromatic carbocycles. The summed E-state index contributed by atoms with van der Waals surface area (Å²) in [5.74, 6) is 1.34. The fourth-order valence-electron chi connectivity index (χ4n) is 2.89. The zero-order valence-electron chi connectivity index (χ0n) is 15.6. The van der Waals surface area contributed by atoms with Gasteiger partial charge >= 0.3 is 0 Å². The summed E-state index contributed by atoms with van der Waals surface area (Å²) in [4.78, 5) is 32.1. The Morgan fingerprint density at radius 2 is 2.07 bits per heavy atom. The van der Waals surface area contributed by atoms with Crippen LogP contribution in [0.15, 0.2) is 30.5 Å². The number of rotatable bonds is 1. The molecule has 0 fully saturated rings. The molecule has 1 aromatic heterocycles. The third kappa shape index (κ3) is 4.05. The number of thioether (sulfide) groups is 1. The summed E-state index contributed by atoms with van der Waals surface area (Å²) < 4.78 is 5.39. The summed E-state index contributed by atoms with van der Waals surface area (Å²) in [5.41, 5.74) is 8.02.